The number of benzene rings is 1. The van der Waals surface area contributed by atoms with Gasteiger partial charge in [0.15, 0.2) is 0 Å². The number of carboxylic acid groups (broad SMARTS) is 1. The SMILES string of the molecule is COc1cccc(C(CC(=O)O)NC(=O)OC(C)(C)C)c1. The minimum atomic E-state index is -1.01. The maximum absolute atomic E-state index is 11.8. The van der Waals surface area contributed by atoms with Gasteiger partial charge in [-0.05, 0) is 38.5 Å². The Bertz CT molecular complexity index is 507. The summed E-state index contributed by atoms with van der Waals surface area (Å²) in [6, 6.07) is 6.21. The molecule has 1 aromatic rings. The summed E-state index contributed by atoms with van der Waals surface area (Å²) < 4.78 is 10.3. The van der Waals surface area contributed by atoms with Crippen LogP contribution in [0.4, 0.5) is 4.79 Å². The first kappa shape index (κ1) is 16.8. The first-order chi connectivity index (χ1) is 9.71. The van der Waals surface area contributed by atoms with Gasteiger partial charge in [-0.25, -0.2) is 4.79 Å². The smallest absolute Gasteiger partial charge is 0.408 e. The molecular weight excluding hydrogens is 274 g/mol. The molecule has 0 spiro atoms. The topological polar surface area (TPSA) is 84.9 Å². The summed E-state index contributed by atoms with van der Waals surface area (Å²) in [5.74, 6) is -0.423. The van der Waals surface area contributed by atoms with E-state index in [2.05, 4.69) is 5.32 Å². The number of carboxylic acids is 1. The van der Waals surface area contributed by atoms with E-state index in [9.17, 15) is 9.59 Å². The normalized spacial score (nSPS) is 12.4. The second kappa shape index (κ2) is 6.97. The summed E-state index contributed by atoms with van der Waals surface area (Å²) in [6.45, 7) is 5.22. The molecule has 0 heterocycles. The Hall–Kier alpha value is -2.24. The molecule has 1 amide bonds. The highest BCUT2D eigenvalue weighted by Gasteiger charge is 2.22. The predicted octanol–water partition coefficient (Wildman–Crippen LogP) is 2.74. The number of rotatable bonds is 5. The molecule has 0 saturated heterocycles. The molecule has 0 bridgehead atoms. The number of alkyl carbamates (subject to hydrolysis) is 1. The molecule has 0 aliphatic heterocycles. The van der Waals surface area contributed by atoms with Gasteiger partial charge in [0.1, 0.15) is 11.4 Å². The van der Waals surface area contributed by atoms with Crippen LogP contribution in [0.5, 0.6) is 5.75 Å². The lowest BCUT2D eigenvalue weighted by Gasteiger charge is -2.23. The zero-order valence-electron chi connectivity index (χ0n) is 12.7. The lowest BCUT2D eigenvalue weighted by molar-refractivity contribution is -0.137. The van der Waals surface area contributed by atoms with Crippen molar-refractivity contribution >= 4 is 12.1 Å². The molecule has 1 rings (SSSR count). The molecule has 21 heavy (non-hydrogen) atoms. The summed E-state index contributed by atoms with van der Waals surface area (Å²) in [6.07, 6.45) is -0.900. The first-order valence-corrected chi connectivity index (χ1v) is 6.56. The highest BCUT2D eigenvalue weighted by atomic mass is 16.6. The zero-order valence-corrected chi connectivity index (χ0v) is 12.7. The molecule has 0 aromatic heterocycles. The zero-order chi connectivity index (χ0) is 16.0. The summed E-state index contributed by atoms with van der Waals surface area (Å²) >= 11 is 0. The third kappa shape index (κ3) is 6.16. The molecule has 1 atom stereocenters. The van der Waals surface area contributed by atoms with E-state index in [1.807, 2.05) is 0 Å². The monoisotopic (exact) mass is 295 g/mol. The average Bonchev–Trinajstić information content (AvgIpc) is 2.35. The molecule has 0 aliphatic rings. The van der Waals surface area contributed by atoms with E-state index in [0.717, 1.165) is 0 Å². The van der Waals surface area contributed by atoms with Crippen molar-refractivity contribution < 1.29 is 24.2 Å². The molecule has 0 radical (unpaired) electrons. The van der Waals surface area contributed by atoms with Crippen molar-refractivity contribution in [3.05, 3.63) is 29.8 Å². The molecule has 6 heteroatoms. The Kier molecular flexibility index (Phi) is 5.58. The summed E-state index contributed by atoms with van der Waals surface area (Å²) in [4.78, 5) is 22.8. The predicted molar refractivity (Wildman–Crippen MR) is 77.4 cm³/mol. The van der Waals surface area contributed by atoms with Gasteiger partial charge >= 0.3 is 12.1 Å². The lowest BCUT2D eigenvalue weighted by Crippen LogP contribution is -2.35. The molecular formula is C15H21NO5. The van der Waals surface area contributed by atoms with E-state index in [1.54, 1.807) is 45.0 Å². The van der Waals surface area contributed by atoms with Crippen LogP contribution >= 0.6 is 0 Å². The number of ether oxygens (including phenoxy) is 2. The third-order valence-corrected chi connectivity index (χ3v) is 2.57. The largest absolute Gasteiger partial charge is 0.497 e. The van der Waals surface area contributed by atoms with Crippen LogP contribution in [0.25, 0.3) is 0 Å². The molecule has 0 fully saturated rings. The fourth-order valence-electron chi connectivity index (χ4n) is 1.73. The van der Waals surface area contributed by atoms with Crippen LogP contribution in [0.1, 0.15) is 38.8 Å². The van der Waals surface area contributed by atoms with Gasteiger partial charge in [-0.2, -0.15) is 0 Å². The Morgan fingerprint density at radius 1 is 1.33 bits per heavy atom. The molecule has 2 N–H and O–H groups in total. The molecule has 1 aromatic carbocycles. The van der Waals surface area contributed by atoms with Crippen molar-refractivity contribution in [2.75, 3.05) is 7.11 Å². The second-order valence-electron chi connectivity index (χ2n) is 5.57. The van der Waals surface area contributed by atoms with Crippen LogP contribution in [0, 0.1) is 0 Å². The average molecular weight is 295 g/mol. The van der Waals surface area contributed by atoms with Crippen LogP contribution in [-0.2, 0) is 9.53 Å². The third-order valence-electron chi connectivity index (χ3n) is 2.57. The van der Waals surface area contributed by atoms with E-state index in [4.69, 9.17) is 14.6 Å². The van der Waals surface area contributed by atoms with Crippen molar-refractivity contribution in [1.82, 2.24) is 5.32 Å². The Balaban J connectivity index is 2.89. The van der Waals surface area contributed by atoms with Crippen LogP contribution in [0.3, 0.4) is 0 Å². The van der Waals surface area contributed by atoms with E-state index in [0.29, 0.717) is 11.3 Å². The maximum atomic E-state index is 11.8. The quantitative estimate of drug-likeness (QED) is 0.872. The Labute approximate surface area is 124 Å². The van der Waals surface area contributed by atoms with Gasteiger partial charge < -0.3 is 19.9 Å². The van der Waals surface area contributed by atoms with Gasteiger partial charge in [-0.1, -0.05) is 12.1 Å². The standard InChI is InChI=1S/C15H21NO5/c1-15(2,3)21-14(19)16-12(9-13(17)18)10-6-5-7-11(8-10)20-4/h5-8,12H,9H2,1-4H3,(H,16,19)(H,17,18). The van der Waals surface area contributed by atoms with Crippen LogP contribution in [0.2, 0.25) is 0 Å². The molecule has 0 saturated carbocycles. The molecule has 116 valence electrons. The van der Waals surface area contributed by atoms with Crippen LogP contribution in [-0.4, -0.2) is 29.9 Å². The van der Waals surface area contributed by atoms with E-state index in [1.165, 1.54) is 7.11 Å². The minimum Gasteiger partial charge on any atom is -0.497 e. The van der Waals surface area contributed by atoms with Gasteiger partial charge in [0, 0.05) is 0 Å². The van der Waals surface area contributed by atoms with Crippen molar-refractivity contribution in [3.63, 3.8) is 0 Å². The van der Waals surface area contributed by atoms with Crippen molar-refractivity contribution in [2.24, 2.45) is 0 Å². The summed E-state index contributed by atoms with van der Waals surface area (Å²) in [5.41, 5.74) is -0.00529. The second-order valence-corrected chi connectivity index (χ2v) is 5.57. The number of carbonyl (C=O) groups is 2. The van der Waals surface area contributed by atoms with Gasteiger partial charge in [0.2, 0.25) is 0 Å². The fourth-order valence-corrected chi connectivity index (χ4v) is 1.73. The highest BCUT2D eigenvalue weighted by Crippen LogP contribution is 2.22. The van der Waals surface area contributed by atoms with Crippen LogP contribution in [0.15, 0.2) is 24.3 Å². The number of methoxy groups -OCH3 is 1. The molecule has 6 nitrogen and oxygen atoms in total. The Morgan fingerprint density at radius 3 is 2.52 bits per heavy atom. The number of carbonyl (C=O) groups excluding carboxylic acids is 1. The number of hydrogen-bond donors (Lipinski definition) is 2. The lowest BCUT2D eigenvalue weighted by atomic mass is 10.0. The van der Waals surface area contributed by atoms with E-state index < -0.39 is 23.7 Å². The van der Waals surface area contributed by atoms with E-state index >= 15 is 0 Å². The Morgan fingerprint density at radius 2 is 2.00 bits per heavy atom. The van der Waals surface area contributed by atoms with Gasteiger partial charge in [0.25, 0.3) is 0 Å². The van der Waals surface area contributed by atoms with Gasteiger partial charge in [0.05, 0.1) is 19.6 Å². The van der Waals surface area contributed by atoms with Crippen LogP contribution < -0.4 is 10.1 Å². The first-order valence-electron chi connectivity index (χ1n) is 6.56. The van der Waals surface area contributed by atoms with Crippen molar-refractivity contribution in [2.45, 2.75) is 38.8 Å². The van der Waals surface area contributed by atoms with Crippen molar-refractivity contribution in [1.29, 1.82) is 0 Å². The number of nitrogens with one attached hydrogen (secondary N) is 1. The van der Waals surface area contributed by atoms with Gasteiger partial charge in [-0.15, -0.1) is 0 Å². The minimum absolute atomic E-state index is 0.244. The highest BCUT2D eigenvalue weighted by molar-refractivity contribution is 5.72. The molecule has 0 aliphatic carbocycles. The maximum Gasteiger partial charge on any atom is 0.408 e. The van der Waals surface area contributed by atoms with E-state index in [-0.39, 0.29) is 6.42 Å². The summed E-state index contributed by atoms with van der Waals surface area (Å²) in [7, 11) is 1.52. The number of amides is 1. The number of aliphatic carboxylic acids is 1. The summed E-state index contributed by atoms with van der Waals surface area (Å²) in [5, 5.41) is 11.6. The number of hydrogen-bond acceptors (Lipinski definition) is 4. The van der Waals surface area contributed by atoms with Crippen molar-refractivity contribution in [3.8, 4) is 5.75 Å². The molecule has 1 unspecified atom stereocenters. The van der Waals surface area contributed by atoms with Gasteiger partial charge in [-0.3, -0.25) is 4.79 Å². The fraction of sp³-hybridized carbons (Fsp3) is 0.467.